The van der Waals surface area contributed by atoms with Crippen LogP contribution in [0.5, 0.6) is 0 Å². The summed E-state index contributed by atoms with van der Waals surface area (Å²) in [6.07, 6.45) is 61.9. The molecule has 0 fully saturated rings. The molecular weight excluding hydrogens is 793 g/mol. The summed E-state index contributed by atoms with van der Waals surface area (Å²) in [5, 5.41) is 18.8. The lowest BCUT2D eigenvalue weighted by atomic mass is 9.89. The van der Waals surface area contributed by atoms with Gasteiger partial charge in [0.25, 0.3) is 0 Å². The number of benzene rings is 2. The van der Waals surface area contributed by atoms with E-state index in [0.29, 0.717) is 5.69 Å². The highest BCUT2D eigenvalue weighted by Crippen LogP contribution is 2.30. The number of hydrogen-bond acceptors (Lipinski definition) is 3. The number of aromatic carboxylic acids is 1. The van der Waals surface area contributed by atoms with Gasteiger partial charge in [0, 0.05) is 0 Å². The van der Waals surface area contributed by atoms with Gasteiger partial charge in [-0.05, 0) is 91.6 Å². The lowest BCUT2D eigenvalue weighted by Crippen LogP contribution is -2.02. The Balaban J connectivity index is 1.99. The van der Waals surface area contributed by atoms with Gasteiger partial charge in [-0.1, -0.05) is 271 Å². The fourth-order valence-electron chi connectivity index (χ4n) is 9.91. The maximum Gasteiger partial charge on any atom is 0.335 e. The third-order valence-corrected chi connectivity index (χ3v) is 14.2. The molecule has 0 saturated carbocycles. The molecule has 0 unspecified atom stereocenters. The minimum atomic E-state index is -0.913. The average Bonchev–Trinajstić information content (AvgIpc) is 3.31. The molecule has 0 aliphatic heterocycles. The second kappa shape index (κ2) is 44.0. The van der Waals surface area contributed by atoms with Crippen molar-refractivity contribution in [2.24, 2.45) is 10.2 Å². The first-order valence-corrected chi connectivity index (χ1v) is 29.0. The van der Waals surface area contributed by atoms with E-state index in [4.69, 9.17) is 5.11 Å². The highest BCUT2D eigenvalue weighted by atomic mass is 16.4. The SMILES string of the molecule is CCCCCCCCCCCCCCCCc1cc(N=Nc2ccc(C(=O)O)cc2)cc(CCCCCCCCCCCCCCCC)c1CCCCCCCCCCCCCCCC. The maximum atomic E-state index is 11.4. The number of carboxylic acid groups (broad SMARTS) is 1. The van der Waals surface area contributed by atoms with Gasteiger partial charge >= 0.3 is 5.97 Å². The molecule has 4 heteroatoms. The van der Waals surface area contributed by atoms with Crippen LogP contribution in [0.2, 0.25) is 0 Å². The predicted octanol–water partition coefficient (Wildman–Crippen LogP) is 21.9. The summed E-state index contributed by atoms with van der Waals surface area (Å²) < 4.78 is 0. The van der Waals surface area contributed by atoms with Crippen molar-refractivity contribution in [2.75, 3.05) is 0 Å². The molecule has 2 aromatic rings. The standard InChI is InChI=1S/C61H106N2O2/c1-4-7-10-13-16-19-22-25-28-31-34-37-40-43-46-56-53-59(63-62-58-51-49-55(50-52-58)61(64)65)54-57(47-44-41-38-35-32-29-26-23-20-17-14-11-8-5-2)60(56)48-45-42-39-36-33-30-27-24-21-18-15-12-9-6-3/h49-54H,4-48H2,1-3H3,(H,64,65). The summed E-state index contributed by atoms with van der Waals surface area (Å²) in [7, 11) is 0. The Hall–Kier alpha value is -2.49. The Morgan fingerprint density at radius 2 is 0.585 bits per heavy atom. The van der Waals surface area contributed by atoms with Crippen molar-refractivity contribution in [2.45, 2.75) is 310 Å². The van der Waals surface area contributed by atoms with Crippen LogP contribution in [-0.2, 0) is 19.3 Å². The van der Waals surface area contributed by atoms with E-state index in [9.17, 15) is 9.90 Å². The van der Waals surface area contributed by atoms with Crippen LogP contribution in [0.3, 0.4) is 0 Å². The van der Waals surface area contributed by atoms with Crippen molar-refractivity contribution in [1.29, 1.82) is 0 Å². The number of unbranched alkanes of at least 4 members (excludes halogenated alkanes) is 39. The van der Waals surface area contributed by atoms with Crippen LogP contribution in [0.4, 0.5) is 11.4 Å². The quantitative estimate of drug-likeness (QED) is 0.0531. The number of rotatable bonds is 48. The zero-order chi connectivity index (χ0) is 46.5. The van der Waals surface area contributed by atoms with E-state index >= 15 is 0 Å². The Labute approximate surface area is 404 Å². The second-order valence-corrected chi connectivity index (χ2v) is 20.3. The molecule has 0 amide bonds. The summed E-state index contributed by atoms with van der Waals surface area (Å²) in [5.41, 5.74) is 6.58. The topological polar surface area (TPSA) is 62.0 Å². The zero-order valence-corrected chi connectivity index (χ0v) is 43.5. The Morgan fingerprint density at radius 3 is 0.862 bits per heavy atom. The van der Waals surface area contributed by atoms with Crippen molar-refractivity contribution in [3.63, 3.8) is 0 Å². The molecule has 0 aliphatic carbocycles. The molecule has 372 valence electrons. The lowest BCUT2D eigenvalue weighted by Gasteiger charge is -2.17. The number of azo groups is 1. The van der Waals surface area contributed by atoms with Gasteiger partial charge in [0.1, 0.15) is 0 Å². The molecule has 0 aliphatic rings. The number of hydrogen-bond donors (Lipinski definition) is 1. The Morgan fingerprint density at radius 1 is 0.338 bits per heavy atom. The van der Waals surface area contributed by atoms with E-state index in [1.54, 1.807) is 29.8 Å². The maximum absolute atomic E-state index is 11.4. The summed E-state index contributed by atoms with van der Waals surface area (Å²) in [6.45, 7) is 6.91. The van der Waals surface area contributed by atoms with Gasteiger partial charge in [0.15, 0.2) is 0 Å². The van der Waals surface area contributed by atoms with E-state index < -0.39 is 5.97 Å². The highest BCUT2D eigenvalue weighted by Gasteiger charge is 2.13. The van der Waals surface area contributed by atoms with E-state index in [-0.39, 0.29) is 5.56 Å². The fraction of sp³-hybridized carbons (Fsp3) is 0.787. The van der Waals surface area contributed by atoms with Gasteiger partial charge in [0.2, 0.25) is 0 Å². The average molecular weight is 900 g/mol. The molecular formula is C61H106N2O2. The summed E-state index contributed by atoms with van der Waals surface area (Å²) >= 11 is 0. The Bertz CT molecular complexity index is 1330. The van der Waals surface area contributed by atoms with Gasteiger partial charge in [0.05, 0.1) is 16.9 Å². The molecule has 1 N–H and O–H groups in total. The monoisotopic (exact) mass is 899 g/mol. The van der Waals surface area contributed by atoms with Crippen molar-refractivity contribution in [3.05, 3.63) is 58.7 Å². The van der Waals surface area contributed by atoms with Gasteiger partial charge in [-0.15, -0.1) is 0 Å². The smallest absolute Gasteiger partial charge is 0.335 e. The van der Waals surface area contributed by atoms with Gasteiger partial charge < -0.3 is 5.11 Å². The molecule has 0 heterocycles. The van der Waals surface area contributed by atoms with E-state index in [2.05, 4.69) is 38.0 Å². The molecule has 2 rings (SSSR count). The first-order valence-electron chi connectivity index (χ1n) is 29.0. The van der Waals surface area contributed by atoms with E-state index in [0.717, 1.165) is 18.5 Å². The van der Waals surface area contributed by atoms with Crippen LogP contribution < -0.4 is 0 Å². The first kappa shape index (κ1) is 58.6. The number of nitrogens with zero attached hydrogens (tertiary/aromatic N) is 2. The molecule has 0 radical (unpaired) electrons. The third kappa shape index (κ3) is 33.6. The molecule has 4 nitrogen and oxygen atoms in total. The number of carbonyl (C=O) groups is 1. The third-order valence-electron chi connectivity index (χ3n) is 14.2. The molecule has 65 heavy (non-hydrogen) atoms. The fourth-order valence-corrected chi connectivity index (χ4v) is 9.91. The van der Waals surface area contributed by atoms with Crippen LogP contribution in [0.1, 0.15) is 317 Å². The van der Waals surface area contributed by atoms with Crippen molar-refractivity contribution in [3.8, 4) is 0 Å². The number of carboxylic acids is 1. The van der Waals surface area contributed by atoms with Crippen LogP contribution in [0.25, 0.3) is 0 Å². The van der Waals surface area contributed by atoms with Gasteiger partial charge in [-0.25, -0.2) is 4.79 Å². The minimum absolute atomic E-state index is 0.280. The van der Waals surface area contributed by atoms with Crippen LogP contribution >= 0.6 is 0 Å². The van der Waals surface area contributed by atoms with Crippen molar-refractivity contribution >= 4 is 17.3 Å². The van der Waals surface area contributed by atoms with Crippen LogP contribution in [0.15, 0.2) is 46.6 Å². The van der Waals surface area contributed by atoms with Gasteiger partial charge in [-0.2, -0.15) is 10.2 Å². The first-order chi connectivity index (χ1) is 32.1. The highest BCUT2D eigenvalue weighted by molar-refractivity contribution is 5.87. The minimum Gasteiger partial charge on any atom is -0.478 e. The summed E-state index contributed by atoms with van der Waals surface area (Å²) in [4.78, 5) is 11.4. The largest absolute Gasteiger partial charge is 0.478 e. The molecule has 0 spiro atoms. The van der Waals surface area contributed by atoms with Gasteiger partial charge in [-0.3, -0.25) is 0 Å². The zero-order valence-electron chi connectivity index (χ0n) is 43.5. The molecule has 0 aromatic heterocycles. The number of aryl methyl sites for hydroxylation is 2. The Kier molecular flexibility index (Phi) is 39.7. The summed E-state index contributed by atoms with van der Waals surface area (Å²) in [6, 6.07) is 11.5. The lowest BCUT2D eigenvalue weighted by molar-refractivity contribution is 0.0697. The second-order valence-electron chi connectivity index (χ2n) is 20.3. The normalized spacial score (nSPS) is 11.7. The molecule has 2 aromatic carbocycles. The molecule has 0 saturated heterocycles. The van der Waals surface area contributed by atoms with Crippen molar-refractivity contribution < 1.29 is 9.90 Å². The predicted molar refractivity (Wildman–Crippen MR) is 286 cm³/mol. The van der Waals surface area contributed by atoms with E-state index in [1.807, 2.05) is 0 Å². The van der Waals surface area contributed by atoms with Crippen LogP contribution in [0, 0.1) is 0 Å². The van der Waals surface area contributed by atoms with Crippen molar-refractivity contribution in [1.82, 2.24) is 0 Å². The van der Waals surface area contributed by atoms with Crippen LogP contribution in [-0.4, -0.2) is 11.1 Å². The summed E-state index contributed by atoms with van der Waals surface area (Å²) in [5.74, 6) is -0.913. The molecule has 0 atom stereocenters. The molecule has 0 bridgehead atoms. The van der Waals surface area contributed by atoms with E-state index in [1.165, 1.54) is 287 Å².